The molecule has 0 fully saturated rings. The Labute approximate surface area is 175 Å². The summed E-state index contributed by atoms with van der Waals surface area (Å²) in [4.78, 5) is 23.0. The summed E-state index contributed by atoms with van der Waals surface area (Å²) >= 11 is 6.54. The first kappa shape index (κ1) is 25.4. The largest absolute Gasteiger partial charge is 0.460 e. The smallest absolute Gasteiger partial charge is 0.322 e. The molecule has 0 bridgehead atoms. The first-order chi connectivity index (χ1) is 12.0. The van der Waals surface area contributed by atoms with Crippen LogP contribution in [-0.4, -0.2) is 33.8 Å². The standard InChI is InChI=1S/C20H32Br2O4/c1-19(2,21)17(23)25-15-13-11-9-7-5-6-8-10-12-14-16-26-18(24)20(3,4)22/h11-14H,5-10,15-16H2,1-4H3/b13-11+,14-12?. The lowest BCUT2D eigenvalue weighted by atomic mass is 10.1. The Bertz CT molecular complexity index is 427. The molecule has 6 heteroatoms. The molecule has 0 saturated heterocycles. The number of hydrogen-bond donors (Lipinski definition) is 0. The predicted molar refractivity (Wildman–Crippen MR) is 114 cm³/mol. The van der Waals surface area contributed by atoms with Crippen LogP contribution in [0.5, 0.6) is 0 Å². The van der Waals surface area contributed by atoms with E-state index in [1.165, 1.54) is 12.8 Å². The molecule has 0 rings (SSSR count). The fourth-order valence-electron chi connectivity index (χ4n) is 1.84. The maximum atomic E-state index is 11.5. The van der Waals surface area contributed by atoms with Crippen molar-refractivity contribution in [2.75, 3.05) is 13.2 Å². The predicted octanol–water partition coefficient (Wildman–Crippen LogP) is 5.87. The van der Waals surface area contributed by atoms with E-state index in [9.17, 15) is 9.59 Å². The molecule has 0 N–H and O–H groups in total. The third-order valence-electron chi connectivity index (χ3n) is 3.42. The number of carbonyl (C=O) groups is 2. The van der Waals surface area contributed by atoms with Crippen LogP contribution in [0.15, 0.2) is 24.3 Å². The summed E-state index contributed by atoms with van der Waals surface area (Å²) in [7, 11) is 0. The molecule has 4 nitrogen and oxygen atoms in total. The van der Waals surface area contributed by atoms with Crippen molar-refractivity contribution in [1.82, 2.24) is 0 Å². The molecule has 0 saturated carbocycles. The third kappa shape index (κ3) is 14.5. The number of halogens is 2. The van der Waals surface area contributed by atoms with Crippen LogP contribution < -0.4 is 0 Å². The fourth-order valence-corrected chi connectivity index (χ4v) is 2.07. The first-order valence-corrected chi connectivity index (χ1v) is 10.7. The van der Waals surface area contributed by atoms with Gasteiger partial charge in [-0.25, -0.2) is 0 Å². The van der Waals surface area contributed by atoms with Gasteiger partial charge in [0.2, 0.25) is 0 Å². The van der Waals surface area contributed by atoms with Crippen LogP contribution in [0.1, 0.15) is 66.2 Å². The van der Waals surface area contributed by atoms with Crippen LogP contribution in [-0.2, 0) is 19.1 Å². The minimum Gasteiger partial charge on any atom is -0.460 e. The quantitative estimate of drug-likeness (QED) is 0.139. The van der Waals surface area contributed by atoms with E-state index in [1.54, 1.807) is 27.7 Å². The molecule has 0 radical (unpaired) electrons. The van der Waals surface area contributed by atoms with E-state index in [0.29, 0.717) is 13.2 Å². The summed E-state index contributed by atoms with van der Waals surface area (Å²) in [5.41, 5.74) is 0. The van der Waals surface area contributed by atoms with Gasteiger partial charge >= 0.3 is 11.9 Å². The van der Waals surface area contributed by atoms with Gasteiger partial charge in [-0.1, -0.05) is 69.0 Å². The first-order valence-electron chi connectivity index (χ1n) is 9.07. The molecular formula is C20H32Br2O4. The SMILES string of the molecule is CC(C)(Br)C(=O)OCC=CCCCCCC/C=C/COC(=O)C(C)(C)Br. The van der Waals surface area contributed by atoms with E-state index < -0.39 is 8.65 Å². The van der Waals surface area contributed by atoms with Crippen molar-refractivity contribution in [3.8, 4) is 0 Å². The summed E-state index contributed by atoms with van der Waals surface area (Å²) in [5.74, 6) is -0.498. The lowest BCUT2D eigenvalue weighted by Crippen LogP contribution is -2.26. The number of carbonyl (C=O) groups excluding carboxylic acids is 2. The molecule has 0 aromatic heterocycles. The van der Waals surface area contributed by atoms with Crippen molar-refractivity contribution < 1.29 is 19.1 Å². The third-order valence-corrected chi connectivity index (χ3v) is 4.06. The minimum atomic E-state index is -0.624. The topological polar surface area (TPSA) is 52.6 Å². The van der Waals surface area contributed by atoms with Gasteiger partial charge in [0.05, 0.1) is 0 Å². The number of rotatable bonds is 13. The van der Waals surface area contributed by atoms with Gasteiger partial charge in [-0.3, -0.25) is 9.59 Å². The van der Waals surface area contributed by atoms with Crippen molar-refractivity contribution in [3.63, 3.8) is 0 Å². The number of alkyl halides is 2. The Kier molecular flexibility index (Phi) is 13.2. The lowest BCUT2D eigenvalue weighted by molar-refractivity contribution is -0.144. The molecule has 0 aliphatic carbocycles. The van der Waals surface area contributed by atoms with E-state index in [4.69, 9.17) is 9.47 Å². The molecular weight excluding hydrogens is 464 g/mol. The van der Waals surface area contributed by atoms with Crippen molar-refractivity contribution in [2.45, 2.75) is 74.9 Å². The number of unbranched alkanes of at least 4 members (excludes halogenated alkanes) is 5. The number of ether oxygens (including phenoxy) is 2. The summed E-state index contributed by atoms with van der Waals surface area (Å²) in [6.07, 6.45) is 14.6. The Hall–Kier alpha value is -0.620. The second-order valence-electron chi connectivity index (χ2n) is 7.08. The molecule has 0 aliphatic heterocycles. The highest BCUT2D eigenvalue weighted by Crippen LogP contribution is 2.18. The van der Waals surface area contributed by atoms with Crippen LogP contribution in [0.3, 0.4) is 0 Å². The van der Waals surface area contributed by atoms with Crippen LogP contribution in [0, 0.1) is 0 Å². The van der Waals surface area contributed by atoms with E-state index in [1.807, 2.05) is 12.2 Å². The maximum absolute atomic E-state index is 11.5. The van der Waals surface area contributed by atoms with Gasteiger partial charge in [0.1, 0.15) is 21.9 Å². The molecule has 0 aromatic rings. The minimum absolute atomic E-state index is 0.249. The molecule has 0 aromatic carbocycles. The van der Waals surface area contributed by atoms with Gasteiger partial charge in [0, 0.05) is 0 Å². The zero-order chi connectivity index (χ0) is 20.1. The van der Waals surface area contributed by atoms with Crippen molar-refractivity contribution in [3.05, 3.63) is 24.3 Å². The normalized spacial score (nSPS) is 12.7. The second kappa shape index (κ2) is 13.5. The Balaban J connectivity index is 3.49. The molecule has 0 heterocycles. The maximum Gasteiger partial charge on any atom is 0.322 e. The summed E-state index contributed by atoms with van der Waals surface area (Å²) < 4.78 is 8.99. The van der Waals surface area contributed by atoms with Crippen LogP contribution in [0.2, 0.25) is 0 Å². The van der Waals surface area contributed by atoms with Crippen molar-refractivity contribution >= 4 is 43.8 Å². The van der Waals surface area contributed by atoms with Crippen LogP contribution in [0.25, 0.3) is 0 Å². The summed E-state index contributed by atoms with van der Waals surface area (Å²) in [5, 5.41) is 0. The lowest BCUT2D eigenvalue weighted by Gasteiger charge is -2.13. The van der Waals surface area contributed by atoms with E-state index >= 15 is 0 Å². The molecule has 0 aliphatic rings. The second-order valence-corrected chi connectivity index (χ2v) is 11.0. The molecule has 0 unspecified atom stereocenters. The van der Waals surface area contributed by atoms with Crippen LogP contribution in [0.4, 0.5) is 0 Å². The highest BCUT2D eigenvalue weighted by molar-refractivity contribution is 9.10. The molecule has 0 amide bonds. The van der Waals surface area contributed by atoms with Crippen molar-refractivity contribution in [2.24, 2.45) is 0 Å². The molecule has 150 valence electrons. The Morgan fingerprint density at radius 1 is 0.692 bits per heavy atom. The molecule has 26 heavy (non-hydrogen) atoms. The van der Waals surface area contributed by atoms with E-state index in [-0.39, 0.29) is 11.9 Å². The van der Waals surface area contributed by atoms with Gasteiger partial charge in [-0.15, -0.1) is 0 Å². The average molecular weight is 496 g/mol. The highest BCUT2D eigenvalue weighted by Gasteiger charge is 2.25. The van der Waals surface area contributed by atoms with Crippen LogP contribution >= 0.6 is 31.9 Å². The zero-order valence-corrected chi connectivity index (χ0v) is 19.5. The van der Waals surface area contributed by atoms with E-state index in [0.717, 1.165) is 25.7 Å². The summed E-state index contributed by atoms with van der Waals surface area (Å²) in [6.45, 7) is 7.73. The number of hydrogen-bond acceptors (Lipinski definition) is 4. The van der Waals surface area contributed by atoms with Gasteiger partial charge in [-0.05, 0) is 53.4 Å². The monoisotopic (exact) mass is 494 g/mol. The zero-order valence-electron chi connectivity index (χ0n) is 16.4. The van der Waals surface area contributed by atoms with Crippen molar-refractivity contribution in [1.29, 1.82) is 0 Å². The fraction of sp³-hybridized carbons (Fsp3) is 0.700. The average Bonchev–Trinajstić information content (AvgIpc) is 2.52. The Morgan fingerprint density at radius 2 is 1.04 bits per heavy atom. The molecule has 0 atom stereocenters. The number of allylic oxidation sites excluding steroid dienone is 2. The van der Waals surface area contributed by atoms with Gasteiger partial charge in [0.25, 0.3) is 0 Å². The highest BCUT2D eigenvalue weighted by atomic mass is 79.9. The van der Waals surface area contributed by atoms with Gasteiger partial charge < -0.3 is 9.47 Å². The summed E-state index contributed by atoms with van der Waals surface area (Å²) in [6, 6.07) is 0. The molecule has 0 spiro atoms. The Morgan fingerprint density at radius 3 is 1.35 bits per heavy atom. The van der Waals surface area contributed by atoms with Gasteiger partial charge in [-0.2, -0.15) is 0 Å². The number of esters is 2. The van der Waals surface area contributed by atoms with Gasteiger partial charge in [0.15, 0.2) is 0 Å². The van der Waals surface area contributed by atoms with E-state index in [2.05, 4.69) is 44.0 Å².